The van der Waals surface area contributed by atoms with Gasteiger partial charge in [-0.15, -0.1) is 0 Å². The van der Waals surface area contributed by atoms with Gasteiger partial charge in [-0.05, 0) is 70.2 Å². The van der Waals surface area contributed by atoms with Gasteiger partial charge in [0.2, 0.25) is 0 Å². The predicted octanol–water partition coefficient (Wildman–Crippen LogP) is 7.89. The van der Waals surface area contributed by atoms with Crippen LogP contribution < -0.4 is 51.0 Å². The lowest BCUT2D eigenvalue weighted by Crippen LogP contribution is -2.75. The highest BCUT2D eigenvalue weighted by Gasteiger charge is 2.48. The van der Waals surface area contributed by atoms with Crippen molar-refractivity contribution in [3.8, 4) is 34.1 Å². The Balaban J connectivity index is 1.44. The molecule has 0 spiro atoms. The van der Waals surface area contributed by atoms with Crippen LogP contribution in [0.1, 0.15) is 42.8 Å². The summed E-state index contributed by atoms with van der Waals surface area (Å²) >= 11 is 0. The Hall–Kier alpha value is -5.21. The normalized spacial score (nSPS) is 19.2. The molecule has 0 saturated carbocycles. The molecule has 0 radical (unpaired) electrons. The van der Waals surface area contributed by atoms with E-state index in [2.05, 4.69) is 39.0 Å². The Bertz CT molecular complexity index is 2960. The third-order valence-electron chi connectivity index (χ3n) is 11.2. The number of hydrogen-bond donors (Lipinski definition) is 0. The fraction of sp³-hybridized carbons (Fsp3) is 0.160. The Morgan fingerprint density at radius 2 is 0.945 bits per heavy atom. The van der Waals surface area contributed by atoms with Gasteiger partial charge >= 0.3 is 0 Å². The molecule has 272 valence electrons. The molecule has 2 aliphatic rings. The number of para-hydroxylation sites is 4. The highest BCUT2D eigenvalue weighted by atomic mass is 28.3. The van der Waals surface area contributed by atoms with E-state index >= 15 is 0 Å². The topological polar surface area (TPSA) is 18.5 Å². The summed E-state index contributed by atoms with van der Waals surface area (Å²) in [5.41, 5.74) is 1.57. The summed E-state index contributed by atoms with van der Waals surface area (Å²) in [6, 6.07) is 49.8. The van der Waals surface area contributed by atoms with E-state index in [1.807, 2.05) is 72.8 Å². The van der Waals surface area contributed by atoms with E-state index in [9.17, 15) is 0 Å². The minimum absolute atomic E-state index is 0.156. The maximum absolute atomic E-state index is 9.15. The molecule has 5 heteroatoms. The van der Waals surface area contributed by atoms with Gasteiger partial charge in [-0.3, -0.25) is 0 Å². The van der Waals surface area contributed by atoms with Gasteiger partial charge < -0.3 is 9.47 Å². The Morgan fingerprint density at radius 3 is 1.51 bits per heavy atom. The zero-order valence-electron chi connectivity index (χ0n) is 42.9. The number of ether oxygens (including phenoxy) is 2. The van der Waals surface area contributed by atoms with E-state index in [4.69, 9.17) is 25.9 Å². The van der Waals surface area contributed by atoms with Gasteiger partial charge in [0, 0.05) is 22.0 Å². The predicted molar refractivity (Wildman–Crippen MR) is 241 cm³/mol. The summed E-state index contributed by atoms with van der Waals surface area (Å²) in [6.45, 7) is -5.44. The minimum atomic E-state index is -4.74. The van der Waals surface area contributed by atoms with Crippen LogP contribution >= 0.6 is 0 Å². The first-order valence-electron chi connectivity index (χ1n) is 24.5. The fourth-order valence-electron chi connectivity index (χ4n) is 8.63. The quantitative estimate of drug-likeness (QED) is 0.131. The summed E-state index contributed by atoms with van der Waals surface area (Å²) in [5, 5.41) is 3.97. The van der Waals surface area contributed by atoms with Crippen molar-refractivity contribution < 1.29 is 25.9 Å². The zero-order chi connectivity index (χ0) is 48.2. The lowest BCUT2D eigenvalue weighted by molar-refractivity contribution is 0.488. The molecule has 2 aliphatic heterocycles. The van der Waals surface area contributed by atoms with E-state index in [1.165, 1.54) is 0 Å². The van der Waals surface area contributed by atoms with Crippen molar-refractivity contribution in [2.75, 3.05) is 0 Å². The van der Waals surface area contributed by atoms with E-state index in [1.54, 1.807) is 72.8 Å². The van der Waals surface area contributed by atoms with Crippen molar-refractivity contribution in [2.24, 2.45) is 0 Å². The van der Waals surface area contributed by atoms with Gasteiger partial charge in [-0.25, -0.2) is 0 Å². The molecule has 0 amide bonds. The van der Waals surface area contributed by atoms with Gasteiger partial charge in [0.25, 0.3) is 0 Å². The third-order valence-corrected chi connectivity index (χ3v) is 20.8. The molecule has 2 heterocycles. The fourth-order valence-corrected chi connectivity index (χ4v) is 17.7. The molecule has 0 fully saturated rings. The molecule has 55 heavy (non-hydrogen) atoms. The SMILES string of the molecule is [2H]C([2H])([2H])[Si]1(C([2H])([2H])[2H])c2ccccc2Oc2c(-c3cc([Si](c4ccccc4)(c4ccccc4)c4cccc5c4Oc4ccccc4[Si]5(C([2H])([2H])[2H])C([2H])([2H])[2H])ccc3C(C)(C)C)cccc21. The van der Waals surface area contributed by atoms with E-state index in [0.29, 0.717) is 16.3 Å². The number of hydrogen-bond acceptors (Lipinski definition) is 2. The Kier molecular flexibility index (Phi) is 5.73. The maximum atomic E-state index is 9.15. The molecule has 0 aromatic heterocycles. The lowest BCUT2D eigenvalue weighted by Gasteiger charge is -2.40. The Morgan fingerprint density at radius 1 is 0.455 bits per heavy atom. The molecule has 0 atom stereocenters. The monoisotopic (exact) mass is 776 g/mol. The largest absolute Gasteiger partial charge is 0.458 e. The van der Waals surface area contributed by atoms with E-state index in [-0.39, 0.29) is 43.7 Å². The van der Waals surface area contributed by atoms with Gasteiger partial charge in [0.05, 0.1) is 0 Å². The molecule has 0 unspecified atom stereocenters. The molecule has 0 bridgehead atoms. The maximum Gasteiger partial charge on any atom is 0.183 e. The first-order valence-corrected chi connectivity index (χ1v) is 24.5. The molecule has 7 aromatic carbocycles. The standard InChI is InChI=1S/C50H48O2Si3/c1-50(2,3)40-33-32-37(34-39(40)38-24-18-29-45-48(38)51-41-25-14-16-27-43(41)53(45,4)5)55(35-20-10-8-11-21-35,36-22-12-9-13-23-36)47-31-19-30-46-49(47)52-42-26-15-17-28-44(42)54(46,6)7/h8-34H,1-7H3/i4D3,5D3,6D3,7D3. The van der Waals surface area contributed by atoms with Crippen LogP contribution in [0, 0.1) is 0 Å². The van der Waals surface area contributed by atoms with Crippen LogP contribution in [0.25, 0.3) is 11.1 Å². The second-order valence-corrected chi connectivity index (χ2v) is 24.5. The van der Waals surface area contributed by atoms with Crippen molar-refractivity contribution in [3.63, 3.8) is 0 Å². The second kappa shape index (κ2) is 12.9. The van der Waals surface area contributed by atoms with Crippen LogP contribution in [0.2, 0.25) is 25.9 Å². The van der Waals surface area contributed by atoms with E-state index < -0.39 is 55.5 Å². The van der Waals surface area contributed by atoms with Crippen LogP contribution in [0.5, 0.6) is 23.0 Å². The molecule has 9 rings (SSSR count). The van der Waals surface area contributed by atoms with Crippen LogP contribution in [0.4, 0.5) is 0 Å². The van der Waals surface area contributed by atoms with Crippen LogP contribution in [0.15, 0.2) is 164 Å². The highest BCUT2D eigenvalue weighted by Crippen LogP contribution is 2.41. The first-order chi connectivity index (χ1) is 31.4. The minimum Gasteiger partial charge on any atom is -0.458 e. The molecule has 7 aromatic rings. The first kappa shape index (κ1) is 24.3. The molecule has 0 N–H and O–H groups in total. The van der Waals surface area contributed by atoms with Gasteiger partial charge in [-0.2, -0.15) is 0 Å². The second-order valence-electron chi connectivity index (χ2n) is 15.6. The van der Waals surface area contributed by atoms with Gasteiger partial charge in [0.15, 0.2) is 8.07 Å². The summed E-state index contributed by atoms with van der Waals surface area (Å²) in [6.07, 6.45) is 0. The van der Waals surface area contributed by atoms with Crippen molar-refractivity contribution in [2.45, 2.75) is 52.1 Å². The van der Waals surface area contributed by atoms with E-state index in [0.717, 1.165) is 21.1 Å². The summed E-state index contributed by atoms with van der Waals surface area (Å²) in [5.74, 6) is 0.775. The van der Waals surface area contributed by atoms with Crippen molar-refractivity contribution in [3.05, 3.63) is 169 Å². The molecule has 0 aliphatic carbocycles. The van der Waals surface area contributed by atoms with Crippen molar-refractivity contribution >= 4 is 65.7 Å². The van der Waals surface area contributed by atoms with Crippen molar-refractivity contribution in [1.29, 1.82) is 0 Å². The molecular weight excluding hydrogens is 717 g/mol. The van der Waals surface area contributed by atoms with Crippen LogP contribution in [-0.4, -0.2) is 24.2 Å². The van der Waals surface area contributed by atoms with Gasteiger partial charge in [-0.1, -0.05) is 198 Å². The van der Waals surface area contributed by atoms with Crippen molar-refractivity contribution in [1.82, 2.24) is 0 Å². The summed E-state index contributed by atoms with van der Waals surface area (Å²) < 4.78 is 123. The number of fused-ring (bicyclic) bond motifs is 4. The zero-order valence-corrected chi connectivity index (χ0v) is 33.9. The average Bonchev–Trinajstić information content (AvgIpc) is 3.26. The van der Waals surface area contributed by atoms with Gasteiger partial charge in [0.1, 0.15) is 39.1 Å². The number of rotatable bonds is 5. The summed E-state index contributed by atoms with van der Waals surface area (Å²) in [4.78, 5) is 0. The number of benzene rings is 7. The lowest BCUT2D eigenvalue weighted by atomic mass is 9.81. The smallest absolute Gasteiger partial charge is 0.183 e. The molecule has 0 saturated heterocycles. The Labute approximate surface area is 346 Å². The van der Waals surface area contributed by atoms with Crippen LogP contribution in [-0.2, 0) is 5.41 Å². The third kappa shape index (κ3) is 5.47. The molecule has 2 nitrogen and oxygen atoms in total. The highest BCUT2D eigenvalue weighted by molar-refractivity contribution is 7.20. The molecular formula is C50H48O2Si3. The van der Waals surface area contributed by atoms with Crippen LogP contribution in [0.3, 0.4) is 0 Å². The summed E-state index contributed by atoms with van der Waals surface area (Å²) in [7, 11) is -13.2. The average molecular weight is 777 g/mol.